The number of nitrogens with zero attached hydrogens (tertiary/aromatic N) is 5. The molecule has 1 aliphatic heterocycles. The van der Waals surface area contributed by atoms with Gasteiger partial charge in [0.15, 0.2) is 5.69 Å². The SMILES string of the molecule is Cc1nnc(N2CCCC(c3nc(C(F)(F)F)cn3C)C2)o1. The van der Waals surface area contributed by atoms with Crippen molar-refractivity contribution < 1.29 is 17.6 Å². The molecule has 0 aromatic carbocycles. The molecule has 2 aromatic rings. The average Bonchev–Trinajstić information content (AvgIpc) is 3.05. The van der Waals surface area contributed by atoms with E-state index in [1.54, 1.807) is 14.0 Å². The summed E-state index contributed by atoms with van der Waals surface area (Å²) in [6, 6.07) is 0.410. The minimum atomic E-state index is -4.42. The van der Waals surface area contributed by atoms with Gasteiger partial charge in [-0.1, -0.05) is 5.10 Å². The lowest BCUT2D eigenvalue weighted by Crippen LogP contribution is -2.35. The minimum Gasteiger partial charge on any atom is -0.408 e. The fourth-order valence-electron chi connectivity index (χ4n) is 2.77. The third-order valence-electron chi connectivity index (χ3n) is 3.78. The van der Waals surface area contributed by atoms with E-state index in [0.717, 1.165) is 25.6 Å². The summed E-state index contributed by atoms with van der Waals surface area (Å²) in [4.78, 5) is 5.68. The van der Waals surface area contributed by atoms with E-state index in [4.69, 9.17) is 4.42 Å². The van der Waals surface area contributed by atoms with E-state index < -0.39 is 11.9 Å². The maximum absolute atomic E-state index is 12.8. The number of aryl methyl sites for hydroxylation is 2. The number of hydrogen-bond donors (Lipinski definition) is 0. The van der Waals surface area contributed by atoms with Crippen molar-refractivity contribution in [2.45, 2.75) is 31.9 Å². The predicted molar refractivity (Wildman–Crippen MR) is 71.4 cm³/mol. The lowest BCUT2D eigenvalue weighted by Gasteiger charge is -2.30. The van der Waals surface area contributed by atoms with Gasteiger partial charge in [0.2, 0.25) is 5.89 Å². The van der Waals surface area contributed by atoms with Gasteiger partial charge in [-0.25, -0.2) is 4.98 Å². The highest BCUT2D eigenvalue weighted by atomic mass is 19.4. The van der Waals surface area contributed by atoms with Crippen LogP contribution < -0.4 is 4.90 Å². The highest BCUT2D eigenvalue weighted by Gasteiger charge is 2.36. The third-order valence-corrected chi connectivity index (χ3v) is 3.78. The molecule has 0 radical (unpaired) electrons. The summed E-state index contributed by atoms with van der Waals surface area (Å²) in [7, 11) is 1.59. The van der Waals surface area contributed by atoms with Crippen LogP contribution >= 0.6 is 0 Å². The Kier molecular flexibility index (Phi) is 3.57. The van der Waals surface area contributed by atoms with Crippen molar-refractivity contribution in [1.82, 2.24) is 19.7 Å². The Morgan fingerprint density at radius 1 is 1.32 bits per heavy atom. The van der Waals surface area contributed by atoms with Crippen LogP contribution in [0.4, 0.5) is 19.2 Å². The highest BCUT2D eigenvalue weighted by molar-refractivity contribution is 5.27. The van der Waals surface area contributed by atoms with Crippen LogP contribution in [0.1, 0.15) is 36.2 Å². The Hall–Kier alpha value is -2.06. The van der Waals surface area contributed by atoms with Crippen LogP contribution in [0.2, 0.25) is 0 Å². The monoisotopic (exact) mass is 315 g/mol. The molecule has 1 aliphatic rings. The Labute approximate surface area is 124 Å². The Balaban J connectivity index is 1.81. The van der Waals surface area contributed by atoms with E-state index in [9.17, 15) is 13.2 Å². The minimum absolute atomic E-state index is 0.0953. The van der Waals surface area contributed by atoms with Crippen LogP contribution in [0.15, 0.2) is 10.6 Å². The zero-order valence-electron chi connectivity index (χ0n) is 12.3. The number of alkyl halides is 3. The lowest BCUT2D eigenvalue weighted by molar-refractivity contribution is -0.141. The normalized spacial score (nSPS) is 19.7. The zero-order valence-corrected chi connectivity index (χ0v) is 12.3. The molecule has 1 atom stereocenters. The van der Waals surface area contributed by atoms with E-state index in [1.165, 1.54) is 4.57 Å². The van der Waals surface area contributed by atoms with Crippen LogP contribution in [-0.2, 0) is 13.2 Å². The van der Waals surface area contributed by atoms with Gasteiger partial charge in [-0.3, -0.25) is 0 Å². The third kappa shape index (κ3) is 2.79. The first kappa shape index (κ1) is 14.9. The summed E-state index contributed by atoms with van der Waals surface area (Å²) in [6.45, 7) is 2.96. The van der Waals surface area contributed by atoms with Gasteiger partial charge in [0.05, 0.1) is 0 Å². The number of piperidine rings is 1. The molecule has 3 rings (SSSR count). The molecule has 9 heteroatoms. The molecule has 0 N–H and O–H groups in total. The molecule has 0 aliphatic carbocycles. The van der Waals surface area contributed by atoms with E-state index in [1.807, 2.05) is 4.90 Å². The number of rotatable bonds is 2. The topological polar surface area (TPSA) is 60.0 Å². The van der Waals surface area contributed by atoms with E-state index in [2.05, 4.69) is 15.2 Å². The summed E-state index contributed by atoms with van der Waals surface area (Å²) in [5.41, 5.74) is -0.851. The summed E-state index contributed by atoms with van der Waals surface area (Å²) in [5, 5.41) is 7.75. The molecular formula is C13H16F3N5O. The predicted octanol–water partition coefficient (Wildman–Crippen LogP) is 2.51. The van der Waals surface area contributed by atoms with Crippen molar-refractivity contribution in [1.29, 1.82) is 0 Å². The standard InChI is InChI=1S/C13H16F3N5O/c1-8-18-19-12(22-8)21-5-3-4-9(6-21)11-17-10(7-20(11)2)13(14,15)16/h7,9H,3-6H2,1-2H3. The maximum atomic E-state index is 12.8. The molecule has 0 saturated carbocycles. The molecule has 0 amide bonds. The fraction of sp³-hybridized carbons (Fsp3) is 0.615. The number of hydrogen-bond acceptors (Lipinski definition) is 5. The second-order valence-corrected chi connectivity index (χ2v) is 5.48. The average molecular weight is 315 g/mol. The quantitative estimate of drug-likeness (QED) is 0.852. The molecule has 22 heavy (non-hydrogen) atoms. The molecule has 6 nitrogen and oxygen atoms in total. The molecule has 0 spiro atoms. The van der Waals surface area contributed by atoms with Crippen molar-refractivity contribution in [3.8, 4) is 0 Å². The van der Waals surface area contributed by atoms with Crippen LogP contribution in [0.25, 0.3) is 0 Å². The maximum Gasteiger partial charge on any atom is 0.434 e. The van der Waals surface area contributed by atoms with Gasteiger partial charge in [0.1, 0.15) is 5.82 Å². The van der Waals surface area contributed by atoms with Crippen molar-refractivity contribution in [2.75, 3.05) is 18.0 Å². The smallest absolute Gasteiger partial charge is 0.408 e. The second-order valence-electron chi connectivity index (χ2n) is 5.48. The molecule has 0 bridgehead atoms. The molecule has 1 saturated heterocycles. The Morgan fingerprint density at radius 3 is 2.68 bits per heavy atom. The summed E-state index contributed by atoms with van der Waals surface area (Å²) >= 11 is 0. The van der Waals surface area contributed by atoms with Gasteiger partial charge in [0, 0.05) is 39.2 Å². The Morgan fingerprint density at radius 2 is 2.09 bits per heavy atom. The summed E-state index contributed by atoms with van der Waals surface area (Å²) < 4.78 is 45.2. The molecule has 2 aromatic heterocycles. The van der Waals surface area contributed by atoms with E-state index >= 15 is 0 Å². The van der Waals surface area contributed by atoms with Gasteiger partial charge in [-0.2, -0.15) is 13.2 Å². The number of halogens is 3. The first-order chi connectivity index (χ1) is 10.3. The number of imidazole rings is 1. The fourth-order valence-corrected chi connectivity index (χ4v) is 2.77. The van der Waals surface area contributed by atoms with Gasteiger partial charge in [-0.05, 0) is 12.8 Å². The van der Waals surface area contributed by atoms with Gasteiger partial charge < -0.3 is 13.9 Å². The summed E-state index contributed by atoms with van der Waals surface area (Å²) in [5.74, 6) is 0.809. The zero-order chi connectivity index (χ0) is 15.9. The number of aromatic nitrogens is 4. The molecule has 3 heterocycles. The van der Waals surface area contributed by atoms with Gasteiger partial charge >= 0.3 is 12.2 Å². The van der Waals surface area contributed by atoms with Crippen LogP contribution in [0, 0.1) is 6.92 Å². The van der Waals surface area contributed by atoms with Crippen molar-refractivity contribution in [2.24, 2.45) is 7.05 Å². The van der Waals surface area contributed by atoms with Crippen molar-refractivity contribution in [3.63, 3.8) is 0 Å². The van der Waals surface area contributed by atoms with Crippen LogP contribution in [-0.4, -0.2) is 32.8 Å². The second kappa shape index (κ2) is 5.29. The largest absolute Gasteiger partial charge is 0.434 e. The molecule has 1 unspecified atom stereocenters. The van der Waals surface area contributed by atoms with Crippen LogP contribution in [0.5, 0.6) is 0 Å². The Bertz CT molecular complexity index is 663. The van der Waals surface area contributed by atoms with E-state index in [-0.39, 0.29) is 5.92 Å². The van der Waals surface area contributed by atoms with Gasteiger partial charge in [-0.15, -0.1) is 5.10 Å². The first-order valence-corrected chi connectivity index (χ1v) is 7.00. The van der Waals surface area contributed by atoms with Crippen molar-refractivity contribution >= 4 is 6.01 Å². The van der Waals surface area contributed by atoms with Crippen molar-refractivity contribution in [3.05, 3.63) is 23.6 Å². The first-order valence-electron chi connectivity index (χ1n) is 7.00. The number of anilines is 1. The van der Waals surface area contributed by atoms with E-state index in [0.29, 0.717) is 24.3 Å². The summed E-state index contributed by atoms with van der Waals surface area (Å²) in [6.07, 6.45) is -1.77. The van der Waals surface area contributed by atoms with Crippen LogP contribution in [0.3, 0.4) is 0 Å². The van der Waals surface area contributed by atoms with Gasteiger partial charge in [0.25, 0.3) is 0 Å². The lowest BCUT2D eigenvalue weighted by atomic mass is 9.97. The molecule has 120 valence electrons. The highest BCUT2D eigenvalue weighted by Crippen LogP contribution is 2.33. The molecule has 1 fully saturated rings. The molecular weight excluding hydrogens is 299 g/mol.